The molecule has 198 valence electrons. The average molecular weight is 522 g/mol. The van der Waals surface area contributed by atoms with E-state index >= 15 is 0 Å². The number of aromatic hydroxyl groups is 2. The highest BCUT2D eigenvalue weighted by Gasteiger charge is 2.28. The smallest absolute Gasteiger partial charge is 0.251 e. The summed E-state index contributed by atoms with van der Waals surface area (Å²) in [4.78, 5) is 38.6. The maximum atomic E-state index is 14.6. The van der Waals surface area contributed by atoms with Gasteiger partial charge in [0.25, 0.3) is 11.8 Å². The first kappa shape index (κ1) is 26.6. The second-order valence-electron chi connectivity index (χ2n) is 8.94. The number of nitrogens with one attached hydrogen (secondary N) is 3. The lowest BCUT2D eigenvalue weighted by molar-refractivity contribution is 0.0882. The fraction of sp³-hybridized carbons (Fsp3) is 0.250. The molecule has 1 heterocycles. The maximum absolute atomic E-state index is 14.6. The third-order valence-corrected chi connectivity index (χ3v) is 6.42. The molecule has 9 nitrogen and oxygen atoms in total. The number of ketones is 1. The maximum Gasteiger partial charge on any atom is 0.251 e. The van der Waals surface area contributed by atoms with Gasteiger partial charge in [-0.2, -0.15) is 0 Å². The standard InChI is InChI=1S/C28H28FN3O6/c1-38-23-13-12-22(34)24(25(23)29)26(35)16-4-6-17(7-5-16)27(36)31-20-3-2-14-30-15-21(20)32-28(37)18-8-10-19(33)11-9-18/h4-13,20-21,30,33-34H,2-3,14-15H2,1H3,(H,31,36)(H,32,37)/t20-,21-/m1/s1. The van der Waals surface area contributed by atoms with Crippen molar-refractivity contribution in [3.05, 3.63) is 88.7 Å². The van der Waals surface area contributed by atoms with Crippen LogP contribution in [-0.2, 0) is 0 Å². The molecule has 0 aliphatic carbocycles. The van der Waals surface area contributed by atoms with Crippen molar-refractivity contribution in [1.29, 1.82) is 0 Å². The minimum atomic E-state index is -0.971. The van der Waals surface area contributed by atoms with E-state index in [2.05, 4.69) is 16.0 Å². The second kappa shape index (κ2) is 11.7. The van der Waals surface area contributed by atoms with Gasteiger partial charge in [0.1, 0.15) is 17.1 Å². The van der Waals surface area contributed by atoms with Crippen LogP contribution in [-0.4, -0.2) is 60.1 Å². The lowest BCUT2D eigenvalue weighted by atomic mass is 9.99. The van der Waals surface area contributed by atoms with Crippen LogP contribution in [0, 0.1) is 5.82 Å². The summed E-state index contributed by atoms with van der Waals surface area (Å²) >= 11 is 0. The molecule has 0 aromatic heterocycles. The molecule has 2 atom stereocenters. The van der Waals surface area contributed by atoms with Crippen molar-refractivity contribution in [2.45, 2.75) is 24.9 Å². The Labute approximate surface area is 218 Å². The highest BCUT2D eigenvalue weighted by Crippen LogP contribution is 2.30. The molecule has 1 aliphatic heterocycles. The van der Waals surface area contributed by atoms with Crippen LogP contribution >= 0.6 is 0 Å². The normalized spacial score (nSPS) is 17.2. The summed E-state index contributed by atoms with van der Waals surface area (Å²) in [6.07, 6.45) is 1.42. The van der Waals surface area contributed by atoms with Gasteiger partial charge in [0, 0.05) is 23.2 Å². The van der Waals surface area contributed by atoms with Crippen LogP contribution in [0.1, 0.15) is 49.5 Å². The van der Waals surface area contributed by atoms with Crippen molar-refractivity contribution in [2.75, 3.05) is 20.2 Å². The van der Waals surface area contributed by atoms with Gasteiger partial charge in [0.05, 0.1) is 19.2 Å². The zero-order valence-electron chi connectivity index (χ0n) is 20.7. The molecule has 4 rings (SSSR count). The minimum Gasteiger partial charge on any atom is -0.508 e. The Balaban J connectivity index is 1.46. The SMILES string of the molecule is COc1ccc(O)c(C(=O)c2ccc(C(=O)N[C@@H]3CCCNC[C@H]3NC(=O)c3ccc(O)cc3)cc2)c1F. The molecular weight excluding hydrogens is 493 g/mol. The van der Waals surface area contributed by atoms with E-state index in [1.54, 1.807) is 0 Å². The van der Waals surface area contributed by atoms with E-state index in [4.69, 9.17) is 4.74 Å². The van der Waals surface area contributed by atoms with E-state index in [-0.39, 0.29) is 40.6 Å². The van der Waals surface area contributed by atoms with Crippen molar-refractivity contribution in [3.63, 3.8) is 0 Å². The van der Waals surface area contributed by atoms with Crippen molar-refractivity contribution in [2.24, 2.45) is 0 Å². The van der Waals surface area contributed by atoms with Crippen LogP contribution in [0.5, 0.6) is 17.2 Å². The van der Waals surface area contributed by atoms with Crippen molar-refractivity contribution < 1.29 is 33.7 Å². The van der Waals surface area contributed by atoms with Gasteiger partial charge in [-0.25, -0.2) is 4.39 Å². The molecule has 1 aliphatic rings. The van der Waals surface area contributed by atoms with Crippen LogP contribution < -0.4 is 20.7 Å². The summed E-state index contributed by atoms with van der Waals surface area (Å²) in [6.45, 7) is 1.19. The Morgan fingerprint density at radius 1 is 0.868 bits per heavy atom. The Morgan fingerprint density at radius 2 is 1.45 bits per heavy atom. The number of hydrogen-bond donors (Lipinski definition) is 5. The van der Waals surface area contributed by atoms with Crippen LogP contribution in [0.25, 0.3) is 0 Å². The van der Waals surface area contributed by atoms with Crippen molar-refractivity contribution >= 4 is 17.6 Å². The summed E-state index contributed by atoms with van der Waals surface area (Å²) in [6, 6.07) is 13.2. The number of benzene rings is 3. The van der Waals surface area contributed by atoms with Gasteiger partial charge in [-0.05, 0) is 67.9 Å². The third kappa shape index (κ3) is 5.92. The van der Waals surface area contributed by atoms with Crippen molar-refractivity contribution in [3.8, 4) is 17.2 Å². The molecule has 1 saturated heterocycles. The molecule has 0 spiro atoms. The number of amides is 2. The van der Waals surface area contributed by atoms with Gasteiger partial charge in [0.2, 0.25) is 0 Å². The Bertz CT molecular complexity index is 1330. The number of phenols is 2. The molecule has 38 heavy (non-hydrogen) atoms. The van der Waals surface area contributed by atoms with E-state index in [1.165, 1.54) is 67.8 Å². The zero-order chi connectivity index (χ0) is 27.2. The number of methoxy groups -OCH3 is 1. The second-order valence-corrected chi connectivity index (χ2v) is 8.94. The van der Waals surface area contributed by atoms with E-state index in [0.717, 1.165) is 13.0 Å². The third-order valence-electron chi connectivity index (χ3n) is 6.42. The molecule has 0 bridgehead atoms. The molecule has 1 fully saturated rings. The molecule has 0 unspecified atom stereocenters. The molecule has 2 amide bonds. The van der Waals surface area contributed by atoms with Crippen LogP contribution in [0.3, 0.4) is 0 Å². The Hall–Kier alpha value is -4.44. The number of carbonyl (C=O) groups is 3. The zero-order valence-corrected chi connectivity index (χ0v) is 20.7. The van der Waals surface area contributed by atoms with Crippen LogP contribution in [0.4, 0.5) is 4.39 Å². The quantitative estimate of drug-likeness (QED) is 0.302. The predicted octanol–water partition coefficient (Wildman–Crippen LogP) is 2.76. The monoisotopic (exact) mass is 521 g/mol. The van der Waals surface area contributed by atoms with Gasteiger partial charge in [0.15, 0.2) is 17.3 Å². The molecule has 10 heteroatoms. The lowest BCUT2D eigenvalue weighted by Gasteiger charge is -2.27. The number of phenolic OH excluding ortho intramolecular Hbond substituents is 2. The minimum absolute atomic E-state index is 0.0565. The number of hydrogen-bond acceptors (Lipinski definition) is 7. The first-order chi connectivity index (χ1) is 18.3. The van der Waals surface area contributed by atoms with E-state index < -0.39 is 28.8 Å². The van der Waals surface area contributed by atoms with Crippen LogP contribution in [0.2, 0.25) is 0 Å². The number of carbonyl (C=O) groups excluding carboxylic acids is 3. The highest BCUT2D eigenvalue weighted by molar-refractivity contribution is 6.11. The van der Waals surface area contributed by atoms with E-state index in [9.17, 15) is 29.0 Å². The topological polar surface area (TPSA) is 137 Å². The van der Waals surface area contributed by atoms with Gasteiger partial charge in [-0.15, -0.1) is 0 Å². The molecule has 0 radical (unpaired) electrons. The first-order valence-corrected chi connectivity index (χ1v) is 12.1. The van der Waals surface area contributed by atoms with Gasteiger partial charge < -0.3 is 30.9 Å². The fourth-order valence-electron chi connectivity index (χ4n) is 4.33. The van der Waals surface area contributed by atoms with Crippen molar-refractivity contribution in [1.82, 2.24) is 16.0 Å². The number of halogens is 1. The summed E-state index contributed by atoms with van der Waals surface area (Å²) in [5, 5.41) is 28.7. The Kier molecular flexibility index (Phi) is 8.22. The van der Waals surface area contributed by atoms with Gasteiger partial charge >= 0.3 is 0 Å². The highest BCUT2D eigenvalue weighted by atomic mass is 19.1. The van der Waals surface area contributed by atoms with Crippen LogP contribution in [0.15, 0.2) is 60.7 Å². The van der Waals surface area contributed by atoms with Gasteiger partial charge in [-0.3, -0.25) is 14.4 Å². The molecular formula is C28H28FN3O6. The lowest BCUT2D eigenvalue weighted by Crippen LogP contribution is -2.54. The fourth-order valence-corrected chi connectivity index (χ4v) is 4.33. The van der Waals surface area contributed by atoms with E-state index in [0.29, 0.717) is 18.5 Å². The molecule has 0 saturated carbocycles. The summed E-state index contributed by atoms with van der Waals surface area (Å²) < 4.78 is 19.5. The molecule has 3 aromatic rings. The Morgan fingerprint density at radius 3 is 2.08 bits per heavy atom. The van der Waals surface area contributed by atoms with E-state index in [1.807, 2.05) is 0 Å². The average Bonchev–Trinajstić information content (AvgIpc) is 3.14. The summed E-state index contributed by atoms with van der Waals surface area (Å²) in [5.74, 6) is -3.08. The number of rotatable bonds is 7. The molecule has 3 aromatic carbocycles. The first-order valence-electron chi connectivity index (χ1n) is 12.1. The summed E-state index contributed by atoms with van der Waals surface area (Å²) in [5.41, 5.74) is 0.231. The predicted molar refractivity (Wildman–Crippen MR) is 137 cm³/mol. The summed E-state index contributed by atoms with van der Waals surface area (Å²) in [7, 11) is 1.25. The van der Waals surface area contributed by atoms with Gasteiger partial charge in [-0.1, -0.05) is 12.1 Å². The largest absolute Gasteiger partial charge is 0.508 e. The number of ether oxygens (including phenoxy) is 1. The molecule has 5 N–H and O–H groups in total.